The number of ether oxygens (including phenoxy) is 1. The van der Waals surface area contributed by atoms with E-state index in [1.165, 1.54) is 4.68 Å². The maximum absolute atomic E-state index is 13.2. The van der Waals surface area contributed by atoms with Crippen LogP contribution in [0.4, 0.5) is 0 Å². The molecule has 1 saturated heterocycles. The summed E-state index contributed by atoms with van der Waals surface area (Å²) in [5, 5.41) is 5.40. The van der Waals surface area contributed by atoms with Gasteiger partial charge in [-0.25, -0.2) is 4.68 Å². The lowest BCUT2D eigenvalue weighted by molar-refractivity contribution is -0.149. The smallest absolute Gasteiger partial charge is 0.310 e. The van der Waals surface area contributed by atoms with Crippen molar-refractivity contribution in [2.75, 3.05) is 19.7 Å². The highest BCUT2D eigenvalue weighted by molar-refractivity contribution is 6.04. The van der Waals surface area contributed by atoms with Crippen molar-refractivity contribution >= 4 is 22.6 Å². The molecule has 144 valence electrons. The van der Waals surface area contributed by atoms with Crippen molar-refractivity contribution in [3.8, 4) is 0 Å². The van der Waals surface area contributed by atoms with Crippen molar-refractivity contribution in [3.63, 3.8) is 0 Å². The fourth-order valence-corrected chi connectivity index (χ4v) is 3.48. The molecule has 7 heteroatoms. The predicted octanol–water partition coefficient (Wildman–Crippen LogP) is 2.39. The highest BCUT2D eigenvalue weighted by atomic mass is 16.5. The number of likely N-dealkylation sites (tertiary alicyclic amines) is 1. The van der Waals surface area contributed by atoms with Crippen molar-refractivity contribution < 1.29 is 14.3 Å². The number of benzene rings is 1. The van der Waals surface area contributed by atoms with E-state index in [1.54, 1.807) is 36.1 Å². The van der Waals surface area contributed by atoms with Crippen LogP contribution < -0.4 is 5.56 Å². The normalized spacial score (nSPS) is 17.3. The number of fused-ring (bicyclic) bond motifs is 1. The lowest BCUT2D eigenvalue weighted by atomic mass is 9.97. The van der Waals surface area contributed by atoms with Gasteiger partial charge in [0.25, 0.3) is 11.5 Å². The first-order valence-corrected chi connectivity index (χ1v) is 9.41. The number of rotatable bonds is 4. The van der Waals surface area contributed by atoms with Gasteiger partial charge in [-0.1, -0.05) is 18.2 Å². The summed E-state index contributed by atoms with van der Waals surface area (Å²) in [4.78, 5) is 39.6. The van der Waals surface area contributed by atoms with Crippen LogP contribution >= 0.6 is 0 Å². The molecule has 1 aromatic carbocycles. The molecule has 0 bridgehead atoms. The second-order valence-corrected chi connectivity index (χ2v) is 7.08. The van der Waals surface area contributed by atoms with E-state index in [4.69, 9.17) is 4.74 Å². The van der Waals surface area contributed by atoms with Crippen molar-refractivity contribution in [2.45, 2.75) is 39.7 Å². The molecule has 1 amide bonds. The lowest BCUT2D eigenvalue weighted by Crippen LogP contribution is -2.43. The Kier molecular flexibility index (Phi) is 5.58. The quantitative estimate of drug-likeness (QED) is 0.771. The molecule has 0 spiro atoms. The third kappa shape index (κ3) is 3.72. The highest BCUT2D eigenvalue weighted by Crippen LogP contribution is 2.22. The summed E-state index contributed by atoms with van der Waals surface area (Å²) in [6, 6.07) is 6.86. The van der Waals surface area contributed by atoms with E-state index in [0.29, 0.717) is 36.9 Å². The summed E-state index contributed by atoms with van der Waals surface area (Å²) in [7, 11) is 0. The van der Waals surface area contributed by atoms with Crippen molar-refractivity contribution in [3.05, 3.63) is 40.3 Å². The summed E-state index contributed by atoms with van der Waals surface area (Å²) < 4.78 is 6.46. The Hall–Kier alpha value is -2.70. The third-order valence-electron chi connectivity index (χ3n) is 4.85. The Bertz CT molecular complexity index is 919. The van der Waals surface area contributed by atoms with Crippen LogP contribution in [0.5, 0.6) is 0 Å². The van der Waals surface area contributed by atoms with Gasteiger partial charge in [-0.05, 0) is 39.7 Å². The number of hydrogen-bond donors (Lipinski definition) is 0. The molecular weight excluding hydrogens is 346 g/mol. The van der Waals surface area contributed by atoms with Gasteiger partial charge < -0.3 is 9.64 Å². The molecule has 2 aromatic rings. The van der Waals surface area contributed by atoms with E-state index in [0.717, 1.165) is 6.42 Å². The van der Waals surface area contributed by atoms with E-state index < -0.39 is 0 Å². The van der Waals surface area contributed by atoms with Crippen LogP contribution in [0.25, 0.3) is 10.8 Å². The van der Waals surface area contributed by atoms with E-state index in [-0.39, 0.29) is 35.1 Å². The molecule has 0 aliphatic carbocycles. The molecule has 1 fully saturated rings. The Morgan fingerprint density at radius 2 is 1.96 bits per heavy atom. The van der Waals surface area contributed by atoms with Gasteiger partial charge in [-0.15, -0.1) is 0 Å². The van der Waals surface area contributed by atoms with Crippen molar-refractivity contribution in [2.24, 2.45) is 5.92 Å². The fraction of sp³-hybridized carbons (Fsp3) is 0.500. The first-order valence-electron chi connectivity index (χ1n) is 9.41. The number of amides is 1. The lowest BCUT2D eigenvalue weighted by Gasteiger charge is -2.31. The standard InChI is InChI=1S/C20H25N3O4/c1-4-27-20(26)14-8-7-11-22(12-14)19(25)17-15-9-5-6-10-16(15)18(24)23(21-17)13(2)3/h5-6,9-10,13-14H,4,7-8,11-12H2,1-3H3/t14-/m1/s1. The van der Waals surface area contributed by atoms with Crippen LogP contribution in [0.2, 0.25) is 0 Å². The Labute approximate surface area is 157 Å². The molecule has 2 heterocycles. The molecular formula is C20H25N3O4. The van der Waals surface area contributed by atoms with Gasteiger partial charge in [0.2, 0.25) is 0 Å². The largest absolute Gasteiger partial charge is 0.466 e. The molecule has 3 rings (SSSR count). The van der Waals surface area contributed by atoms with E-state index in [1.807, 2.05) is 13.8 Å². The average molecular weight is 371 g/mol. The van der Waals surface area contributed by atoms with Crippen molar-refractivity contribution in [1.29, 1.82) is 0 Å². The zero-order valence-corrected chi connectivity index (χ0v) is 16.0. The molecule has 27 heavy (non-hydrogen) atoms. The van der Waals surface area contributed by atoms with Gasteiger partial charge in [0, 0.05) is 18.5 Å². The fourth-order valence-electron chi connectivity index (χ4n) is 3.48. The summed E-state index contributed by atoms with van der Waals surface area (Å²) in [5.74, 6) is -0.834. The molecule has 0 N–H and O–H groups in total. The Morgan fingerprint density at radius 1 is 1.26 bits per heavy atom. The van der Waals surface area contributed by atoms with E-state index in [9.17, 15) is 14.4 Å². The number of aromatic nitrogens is 2. The molecule has 1 aliphatic rings. The highest BCUT2D eigenvalue weighted by Gasteiger charge is 2.31. The number of esters is 1. The monoisotopic (exact) mass is 371 g/mol. The van der Waals surface area contributed by atoms with E-state index >= 15 is 0 Å². The summed E-state index contributed by atoms with van der Waals surface area (Å²) in [6.07, 6.45) is 1.44. The minimum Gasteiger partial charge on any atom is -0.466 e. The van der Waals surface area contributed by atoms with Gasteiger partial charge in [-0.2, -0.15) is 5.10 Å². The number of carbonyl (C=O) groups excluding carboxylic acids is 2. The summed E-state index contributed by atoms with van der Waals surface area (Å²) >= 11 is 0. The first kappa shape index (κ1) is 19.1. The molecule has 0 saturated carbocycles. The Balaban J connectivity index is 1.99. The maximum atomic E-state index is 13.2. The van der Waals surface area contributed by atoms with Crippen LogP contribution in [-0.2, 0) is 9.53 Å². The third-order valence-corrected chi connectivity index (χ3v) is 4.85. The summed E-state index contributed by atoms with van der Waals surface area (Å²) in [6.45, 7) is 6.69. The second-order valence-electron chi connectivity index (χ2n) is 7.08. The number of hydrogen-bond acceptors (Lipinski definition) is 5. The van der Waals surface area contributed by atoms with Gasteiger partial charge in [0.1, 0.15) is 0 Å². The number of carbonyl (C=O) groups is 2. The average Bonchev–Trinajstić information content (AvgIpc) is 2.68. The minimum atomic E-state index is -0.315. The topological polar surface area (TPSA) is 81.5 Å². The van der Waals surface area contributed by atoms with Crippen LogP contribution in [0.1, 0.15) is 50.1 Å². The van der Waals surface area contributed by atoms with Crippen LogP contribution in [0.15, 0.2) is 29.1 Å². The van der Waals surface area contributed by atoms with Gasteiger partial charge in [0.05, 0.1) is 24.0 Å². The molecule has 1 aliphatic heterocycles. The zero-order chi connectivity index (χ0) is 19.6. The van der Waals surface area contributed by atoms with Gasteiger partial charge in [0.15, 0.2) is 5.69 Å². The van der Waals surface area contributed by atoms with Crippen LogP contribution in [0.3, 0.4) is 0 Å². The minimum absolute atomic E-state index is 0.165. The number of piperidine rings is 1. The zero-order valence-electron chi connectivity index (χ0n) is 16.0. The van der Waals surface area contributed by atoms with Crippen LogP contribution in [0, 0.1) is 5.92 Å². The Morgan fingerprint density at radius 3 is 2.63 bits per heavy atom. The van der Waals surface area contributed by atoms with Crippen LogP contribution in [-0.4, -0.2) is 46.3 Å². The summed E-state index contributed by atoms with van der Waals surface area (Å²) in [5.41, 5.74) is 0.0450. The molecule has 1 atom stereocenters. The SMILES string of the molecule is CCOC(=O)[C@@H]1CCCN(C(=O)c2nn(C(C)C)c(=O)c3ccccc23)C1. The molecule has 7 nitrogen and oxygen atoms in total. The molecule has 0 unspecified atom stereocenters. The van der Waals surface area contributed by atoms with Gasteiger partial charge in [-0.3, -0.25) is 14.4 Å². The first-order chi connectivity index (χ1) is 12.9. The van der Waals surface area contributed by atoms with E-state index in [2.05, 4.69) is 5.10 Å². The maximum Gasteiger partial charge on any atom is 0.310 e. The van der Waals surface area contributed by atoms with Crippen molar-refractivity contribution in [1.82, 2.24) is 14.7 Å². The molecule has 1 aromatic heterocycles. The predicted molar refractivity (Wildman–Crippen MR) is 102 cm³/mol. The molecule has 0 radical (unpaired) electrons. The van der Waals surface area contributed by atoms with Gasteiger partial charge >= 0.3 is 5.97 Å². The second kappa shape index (κ2) is 7.90. The number of nitrogens with zero attached hydrogens (tertiary/aromatic N) is 3.